The van der Waals surface area contributed by atoms with Crippen LogP contribution < -0.4 is 21.7 Å². The van der Waals surface area contributed by atoms with Crippen molar-refractivity contribution in [1.29, 1.82) is 0 Å². The normalized spacial score (nSPS) is 10.2. The molecule has 0 radical (unpaired) electrons. The molecule has 0 aliphatic rings. The third kappa shape index (κ3) is 2.63. The summed E-state index contributed by atoms with van der Waals surface area (Å²) in [6.07, 6.45) is 4.02. The molecule has 0 amide bonds. The Balaban J connectivity index is 0.00000133. The van der Waals surface area contributed by atoms with Gasteiger partial charge in [-0.2, -0.15) is 0 Å². The summed E-state index contributed by atoms with van der Waals surface area (Å²) in [5, 5.41) is 0. The average molecular weight is 318 g/mol. The van der Waals surface area contributed by atoms with Crippen molar-refractivity contribution in [3.05, 3.63) is 54.9 Å². The molecule has 0 atom stereocenters. The van der Waals surface area contributed by atoms with E-state index in [0.29, 0.717) is 6.61 Å². The van der Waals surface area contributed by atoms with Gasteiger partial charge < -0.3 is 26.1 Å². The zero-order valence-electron chi connectivity index (χ0n) is 10.6. The van der Waals surface area contributed by atoms with Gasteiger partial charge in [-0.1, -0.05) is 18.2 Å². The second kappa shape index (κ2) is 5.89. The number of ether oxygens (including phenoxy) is 1. The lowest BCUT2D eigenvalue weighted by Gasteiger charge is -2.07. The molecule has 0 spiro atoms. The van der Waals surface area contributed by atoms with Gasteiger partial charge in [-0.25, -0.2) is 4.98 Å². The van der Waals surface area contributed by atoms with Crippen LogP contribution in [0.2, 0.25) is 0 Å². The van der Waals surface area contributed by atoms with Crippen LogP contribution in [0, 0.1) is 0 Å². The maximum atomic E-state index is 5.64. The zero-order chi connectivity index (χ0) is 12.4. The van der Waals surface area contributed by atoms with Crippen molar-refractivity contribution < 1.29 is 21.7 Å². The lowest BCUT2D eigenvalue weighted by Crippen LogP contribution is -3.00. The van der Waals surface area contributed by atoms with Gasteiger partial charge in [0, 0.05) is 18.0 Å². The van der Waals surface area contributed by atoms with Gasteiger partial charge in [0.25, 0.3) is 0 Å². The quantitative estimate of drug-likeness (QED) is 0.699. The van der Waals surface area contributed by atoms with Crippen LogP contribution in [0.25, 0.3) is 16.9 Å². The Morgan fingerprint density at radius 3 is 2.68 bits per heavy atom. The maximum Gasteiger partial charge on any atom is 0.137 e. The first-order valence-electron chi connectivity index (χ1n) is 6.04. The molecule has 0 fully saturated rings. The summed E-state index contributed by atoms with van der Waals surface area (Å²) in [5.74, 6) is 0.878. The van der Waals surface area contributed by atoms with E-state index in [-0.39, 0.29) is 17.0 Å². The zero-order valence-corrected chi connectivity index (χ0v) is 12.2. The standard InChI is InChI=1S/C15H14N2O.BrH/c1-2-18-14-8-4-3-7-12(14)13-11-17-10-6-5-9-15(17)16-13;/h3-11H,2H2,1H3;1H/p-1. The van der Waals surface area contributed by atoms with Gasteiger partial charge in [-0.05, 0) is 31.2 Å². The fourth-order valence-electron chi connectivity index (χ4n) is 2.02. The third-order valence-corrected chi connectivity index (χ3v) is 2.83. The Labute approximate surface area is 122 Å². The van der Waals surface area contributed by atoms with E-state index < -0.39 is 0 Å². The fraction of sp³-hybridized carbons (Fsp3) is 0.133. The van der Waals surface area contributed by atoms with Gasteiger partial charge >= 0.3 is 0 Å². The molecule has 0 aliphatic carbocycles. The van der Waals surface area contributed by atoms with Gasteiger partial charge in [-0.3, -0.25) is 0 Å². The first-order chi connectivity index (χ1) is 8.88. The highest BCUT2D eigenvalue weighted by atomic mass is 79.9. The monoisotopic (exact) mass is 317 g/mol. The summed E-state index contributed by atoms with van der Waals surface area (Å²) in [7, 11) is 0. The number of nitrogens with zero attached hydrogens (tertiary/aromatic N) is 2. The summed E-state index contributed by atoms with van der Waals surface area (Å²) in [4.78, 5) is 4.61. The minimum atomic E-state index is 0. The molecule has 2 aromatic heterocycles. The molecule has 3 nitrogen and oxygen atoms in total. The summed E-state index contributed by atoms with van der Waals surface area (Å²) < 4.78 is 7.65. The number of halogens is 1. The maximum absolute atomic E-state index is 5.64. The van der Waals surface area contributed by atoms with Gasteiger partial charge in [0.15, 0.2) is 0 Å². The SMILES string of the molecule is CCOc1ccccc1-c1cn2ccccc2n1.[Br-]. The number of imidazole rings is 1. The van der Waals surface area contributed by atoms with Crippen molar-refractivity contribution in [3.8, 4) is 17.0 Å². The number of pyridine rings is 1. The first-order valence-corrected chi connectivity index (χ1v) is 6.04. The molecule has 0 saturated carbocycles. The minimum absolute atomic E-state index is 0. The Morgan fingerprint density at radius 2 is 1.89 bits per heavy atom. The topological polar surface area (TPSA) is 26.5 Å². The summed E-state index contributed by atoms with van der Waals surface area (Å²) in [6, 6.07) is 14.0. The number of aromatic nitrogens is 2. The van der Waals surface area contributed by atoms with E-state index in [1.165, 1.54) is 0 Å². The highest BCUT2D eigenvalue weighted by molar-refractivity contribution is 5.69. The van der Waals surface area contributed by atoms with Crippen LogP contribution in [0.1, 0.15) is 6.92 Å². The van der Waals surface area contributed by atoms with Crippen molar-refractivity contribution >= 4 is 5.65 Å². The highest BCUT2D eigenvalue weighted by Gasteiger charge is 2.09. The van der Waals surface area contributed by atoms with Crippen molar-refractivity contribution in [2.24, 2.45) is 0 Å². The van der Waals surface area contributed by atoms with Crippen LogP contribution in [0.15, 0.2) is 54.9 Å². The van der Waals surface area contributed by atoms with Crippen LogP contribution in [-0.2, 0) is 0 Å². The van der Waals surface area contributed by atoms with E-state index in [1.807, 2.05) is 66.2 Å². The number of hydrogen-bond donors (Lipinski definition) is 0. The van der Waals surface area contributed by atoms with E-state index in [4.69, 9.17) is 4.74 Å². The molecular formula is C15H14BrN2O-. The predicted molar refractivity (Wildman–Crippen MR) is 71.8 cm³/mol. The van der Waals surface area contributed by atoms with Crippen molar-refractivity contribution in [2.75, 3.05) is 6.61 Å². The molecule has 0 aliphatic heterocycles. The van der Waals surface area contributed by atoms with Gasteiger partial charge in [-0.15, -0.1) is 0 Å². The molecule has 19 heavy (non-hydrogen) atoms. The summed E-state index contributed by atoms with van der Waals surface area (Å²) in [5.41, 5.74) is 2.91. The smallest absolute Gasteiger partial charge is 0.137 e. The van der Waals surface area contributed by atoms with Crippen LogP contribution in [-0.4, -0.2) is 16.0 Å². The van der Waals surface area contributed by atoms with E-state index >= 15 is 0 Å². The van der Waals surface area contributed by atoms with E-state index in [2.05, 4.69) is 4.98 Å². The number of benzene rings is 1. The number of rotatable bonds is 3. The summed E-state index contributed by atoms with van der Waals surface area (Å²) in [6.45, 7) is 2.64. The molecule has 4 heteroatoms. The van der Waals surface area contributed by atoms with Crippen molar-refractivity contribution in [3.63, 3.8) is 0 Å². The largest absolute Gasteiger partial charge is 1.00 e. The molecule has 1 aromatic carbocycles. The summed E-state index contributed by atoms with van der Waals surface area (Å²) >= 11 is 0. The van der Waals surface area contributed by atoms with Crippen LogP contribution in [0.3, 0.4) is 0 Å². The average Bonchev–Trinajstić information content (AvgIpc) is 2.83. The lowest BCUT2D eigenvalue weighted by atomic mass is 10.1. The Bertz CT molecular complexity index is 645. The fourth-order valence-corrected chi connectivity index (χ4v) is 2.02. The second-order valence-corrected chi connectivity index (χ2v) is 4.02. The Hall–Kier alpha value is -1.81. The first kappa shape index (κ1) is 13.6. The molecule has 98 valence electrons. The number of para-hydroxylation sites is 1. The van der Waals surface area contributed by atoms with E-state index in [0.717, 1.165) is 22.7 Å². The minimum Gasteiger partial charge on any atom is -1.00 e. The molecule has 0 N–H and O–H groups in total. The van der Waals surface area contributed by atoms with Crippen LogP contribution >= 0.6 is 0 Å². The highest BCUT2D eigenvalue weighted by Crippen LogP contribution is 2.29. The van der Waals surface area contributed by atoms with Crippen molar-refractivity contribution in [2.45, 2.75) is 6.92 Å². The lowest BCUT2D eigenvalue weighted by molar-refractivity contribution is -0.00000422. The molecule has 0 saturated heterocycles. The second-order valence-electron chi connectivity index (χ2n) is 4.02. The number of hydrogen-bond acceptors (Lipinski definition) is 2. The third-order valence-electron chi connectivity index (χ3n) is 2.83. The molecule has 0 unspecified atom stereocenters. The van der Waals surface area contributed by atoms with Crippen molar-refractivity contribution in [1.82, 2.24) is 9.38 Å². The van der Waals surface area contributed by atoms with Gasteiger partial charge in [0.2, 0.25) is 0 Å². The Morgan fingerprint density at radius 1 is 1.11 bits per heavy atom. The molecule has 3 aromatic rings. The molecular weight excluding hydrogens is 304 g/mol. The van der Waals surface area contributed by atoms with E-state index in [9.17, 15) is 0 Å². The number of fused-ring (bicyclic) bond motifs is 1. The van der Waals surface area contributed by atoms with Crippen LogP contribution in [0.5, 0.6) is 5.75 Å². The van der Waals surface area contributed by atoms with Gasteiger partial charge in [0.1, 0.15) is 11.4 Å². The molecule has 3 rings (SSSR count). The van der Waals surface area contributed by atoms with E-state index in [1.54, 1.807) is 0 Å². The van der Waals surface area contributed by atoms with Gasteiger partial charge in [0.05, 0.1) is 12.3 Å². The Kier molecular flexibility index (Phi) is 4.22. The molecule has 2 heterocycles. The predicted octanol–water partition coefficient (Wildman–Crippen LogP) is 0.404. The molecule has 0 bridgehead atoms. The van der Waals surface area contributed by atoms with Crippen LogP contribution in [0.4, 0.5) is 0 Å².